The van der Waals surface area contributed by atoms with Gasteiger partial charge < -0.3 is 14.0 Å². The van der Waals surface area contributed by atoms with Crippen LogP contribution in [0.15, 0.2) is 54.6 Å². The molecule has 0 aliphatic carbocycles. The summed E-state index contributed by atoms with van der Waals surface area (Å²) >= 11 is 0. The van der Waals surface area contributed by atoms with Gasteiger partial charge in [0.2, 0.25) is 0 Å². The molecule has 0 aliphatic rings. The summed E-state index contributed by atoms with van der Waals surface area (Å²) in [6.07, 6.45) is 18.3. The number of hydrogen-bond acceptors (Lipinski definition) is 3. The summed E-state index contributed by atoms with van der Waals surface area (Å²) in [5.41, 5.74) is 2.64. The van der Waals surface area contributed by atoms with Crippen LogP contribution in [0.2, 0.25) is 0 Å². The van der Waals surface area contributed by atoms with Crippen molar-refractivity contribution >= 4 is 5.97 Å². The molecule has 2 atom stereocenters. The molecule has 0 N–H and O–H groups in total. The Labute approximate surface area is 252 Å². The van der Waals surface area contributed by atoms with Crippen LogP contribution in [0.3, 0.4) is 0 Å². The van der Waals surface area contributed by atoms with E-state index in [9.17, 15) is 4.79 Å². The third-order valence-corrected chi connectivity index (χ3v) is 8.04. The smallest absolute Gasteiger partial charge is 0.314 e. The lowest BCUT2D eigenvalue weighted by Crippen LogP contribution is -2.44. The summed E-state index contributed by atoms with van der Waals surface area (Å²) in [6.45, 7) is 8.21. The fourth-order valence-electron chi connectivity index (χ4n) is 5.61. The lowest BCUT2D eigenvalue weighted by atomic mass is 10.0. The molecule has 2 rings (SSSR count). The van der Waals surface area contributed by atoms with Crippen molar-refractivity contribution < 1.29 is 18.8 Å². The molecule has 0 aromatic heterocycles. The lowest BCUT2D eigenvalue weighted by molar-refractivity contribution is -0.905. The highest BCUT2D eigenvalue weighted by Crippen LogP contribution is 2.19. The van der Waals surface area contributed by atoms with E-state index in [-0.39, 0.29) is 24.6 Å². The second kappa shape index (κ2) is 20.5. The molecule has 0 bridgehead atoms. The Morgan fingerprint density at radius 1 is 0.732 bits per heavy atom. The number of unbranched alkanes of at least 4 members (excludes halogenated alkanes) is 11. The van der Waals surface area contributed by atoms with Crippen LogP contribution in [0.1, 0.15) is 115 Å². The third-order valence-electron chi connectivity index (χ3n) is 8.04. The minimum Gasteiger partial charge on any atom is -0.487 e. The molecule has 4 heteroatoms. The maximum Gasteiger partial charge on any atom is 0.314 e. The molecule has 0 radical (unpaired) electrons. The highest BCUT2D eigenvalue weighted by molar-refractivity contribution is 5.72. The average Bonchev–Trinajstić information content (AvgIpc) is 2.96. The van der Waals surface area contributed by atoms with Gasteiger partial charge in [0.25, 0.3) is 0 Å². The maximum atomic E-state index is 12.8. The standard InChI is InChI=1S/C37H60NO3/c1-6-8-9-10-11-12-13-14-15-16-17-19-22-33-25-27-36(28-26-33)41-35(7-2)31-40-37(39)32(3)29-38(4,5)30-34-23-20-18-21-24-34/h18,20-21,23-28,32,35H,6-17,19,22,29-31H2,1-5H3/q+1. The first kappa shape index (κ1) is 34.9. The molecule has 0 spiro atoms. The monoisotopic (exact) mass is 566 g/mol. The van der Waals surface area contributed by atoms with Crippen LogP contribution in [0.25, 0.3) is 0 Å². The van der Waals surface area contributed by atoms with Crippen LogP contribution in [0.4, 0.5) is 0 Å². The molecule has 0 saturated carbocycles. The van der Waals surface area contributed by atoms with E-state index in [1.807, 2.05) is 13.0 Å². The van der Waals surface area contributed by atoms with Gasteiger partial charge in [0.15, 0.2) is 0 Å². The molecule has 0 amide bonds. The molecule has 0 heterocycles. The van der Waals surface area contributed by atoms with E-state index >= 15 is 0 Å². The van der Waals surface area contributed by atoms with Crippen LogP contribution < -0.4 is 4.74 Å². The predicted octanol–water partition coefficient (Wildman–Crippen LogP) is 9.54. The number of aryl methyl sites for hydroxylation is 1. The molecule has 2 aromatic rings. The summed E-state index contributed by atoms with van der Waals surface area (Å²) in [4.78, 5) is 12.8. The average molecular weight is 567 g/mol. The van der Waals surface area contributed by atoms with Crippen LogP contribution in [0.5, 0.6) is 5.75 Å². The zero-order valence-corrected chi connectivity index (χ0v) is 27.0. The normalized spacial score (nSPS) is 13.1. The highest BCUT2D eigenvalue weighted by atomic mass is 16.6. The SMILES string of the molecule is CCCCCCCCCCCCCCc1ccc(OC(CC)COC(=O)C(C)C[N+](C)(C)Cc2ccccc2)cc1. The van der Waals surface area contributed by atoms with E-state index in [4.69, 9.17) is 9.47 Å². The first-order valence-electron chi connectivity index (χ1n) is 16.6. The first-order valence-corrected chi connectivity index (χ1v) is 16.6. The highest BCUT2D eigenvalue weighted by Gasteiger charge is 2.26. The van der Waals surface area contributed by atoms with Crippen molar-refractivity contribution in [2.24, 2.45) is 5.92 Å². The van der Waals surface area contributed by atoms with E-state index in [0.29, 0.717) is 0 Å². The van der Waals surface area contributed by atoms with Crippen LogP contribution in [-0.4, -0.2) is 43.8 Å². The Morgan fingerprint density at radius 3 is 1.85 bits per heavy atom. The van der Waals surface area contributed by atoms with Gasteiger partial charge in [-0.25, -0.2) is 0 Å². The van der Waals surface area contributed by atoms with Gasteiger partial charge in [0, 0.05) is 5.56 Å². The van der Waals surface area contributed by atoms with E-state index in [2.05, 4.69) is 76.5 Å². The molecule has 0 aliphatic heterocycles. The fraction of sp³-hybridized carbons (Fsp3) is 0.649. The number of quaternary nitrogens is 1. The fourth-order valence-corrected chi connectivity index (χ4v) is 5.61. The minimum absolute atomic E-state index is 0.139. The summed E-state index contributed by atoms with van der Waals surface area (Å²) in [6, 6.07) is 18.9. The molecule has 0 fully saturated rings. The number of benzene rings is 2. The second-order valence-electron chi connectivity index (χ2n) is 12.7. The van der Waals surface area contributed by atoms with Crippen LogP contribution in [0, 0.1) is 5.92 Å². The zero-order valence-electron chi connectivity index (χ0n) is 27.0. The van der Waals surface area contributed by atoms with E-state index in [1.54, 1.807) is 0 Å². The number of hydrogen-bond donors (Lipinski definition) is 0. The Hall–Kier alpha value is -2.33. The Balaban J connectivity index is 1.60. The predicted molar refractivity (Wildman–Crippen MR) is 173 cm³/mol. The van der Waals surface area contributed by atoms with Crippen molar-refractivity contribution in [3.63, 3.8) is 0 Å². The molecular formula is C37H60NO3+. The van der Waals surface area contributed by atoms with Crippen molar-refractivity contribution in [1.29, 1.82) is 0 Å². The van der Waals surface area contributed by atoms with Gasteiger partial charge in [-0.2, -0.15) is 0 Å². The number of nitrogens with zero attached hydrogens (tertiary/aromatic N) is 1. The van der Waals surface area contributed by atoms with Crippen molar-refractivity contribution in [3.05, 3.63) is 65.7 Å². The van der Waals surface area contributed by atoms with Gasteiger partial charge in [0.1, 0.15) is 30.9 Å². The van der Waals surface area contributed by atoms with Crippen LogP contribution >= 0.6 is 0 Å². The first-order chi connectivity index (χ1) is 19.8. The van der Waals surface area contributed by atoms with Crippen molar-refractivity contribution in [2.75, 3.05) is 27.2 Å². The Morgan fingerprint density at radius 2 is 1.29 bits per heavy atom. The quantitative estimate of drug-likeness (QED) is 0.0763. The molecule has 41 heavy (non-hydrogen) atoms. The number of carbonyl (C=O) groups excluding carboxylic acids is 1. The van der Waals surface area contributed by atoms with Gasteiger partial charge in [0.05, 0.1) is 20.6 Å². The minimum atomic E-state index is -0.175. The zero-order chi connectivity index (χ0) is 29.8. The van der Waals surface area contributed by atoms with Gasteiger partial charge in [-0.1, -0.05) is 127 Å². The molecule has 4 nitrogen and oxygen atoms in total. The van der Waals surface area contributed by atoms with Crippen LogP contribution in [-0.2, 0) is 22.5 Å². The van der Waals surface area contributed by atoms with Gasteiger partial charge >= 0.3 is 5.97 Å². The van der Waals surface area contributed by atoms with Gasteiger partial charge in [-0.15, -0.1) is 0 Å². The topological polar surface area (TPSA) is 35.5 Å². The number of ether oxygens (including phenoxy) is 2. The summed E-state index contributed by atoms with van der Waals surface area (Å²) < 4.78 is 12.6. The molecular weight excluding hydrogens is 506 g/mol. The Kier molecular flexibility index (Phi) is 17.5. The summed E-state index contributed by atoms with van der Waals surface area (Å²) in [7, 11) is 4.33. The number of carbonyl (C=O) groups is 1. The third kappa shape index (κ3) is 16.0. The molecule has 230 valence electrons. The number of rotatable bonds is 23. The summed E-state index contributed by atoms with van der Waals surface area (Å²) in [5, 5.41) is 0. The van der Waals surface area contributed by atoms with Crippen molar-refractivity contribution in [2.45, 2.75) is 123 Å². The van der Waals surface area contributed by atoms with E-state index in [1.165, 1.54) is 88.2 Å². The lowest BCUT2D eigenvalue weighted by Gasteiger charge is -2.32. The van der Waals surface area contributed by atoms with Crippen molar-refractivity contribution in [3.8, 4) is 5.75 Å². The van der Waals surface area contributed by atoms with Crippen molar-refractivity contribution in [1.82, 2.24) is 0 Å². The van der Waals surface area contributed by atoms with Gasteiger partial charge in [-0.05, 0) is 43.9 Å². The molecule has 2 aromatic carbocycles. The largest absolute Gasteiger partial charge is 0.487 e. The number of esters is 1. The molecule has 0 saturated heterocycles. The van der Waals surface area contributed by atoms with Gasteiger partial charge in [-0.3, -0.25) is 4.79 Å². The second-order valence-corrected chi connectivity index (χ2v) is 12.7. The Bertz CT molecular complexity index is 925. The molecule has 2 unspecified atom stereocenters. The summed E-state index contributed by atoms with van der Waals surface area (Å²) in [5.74, 6) is 0.523. The van der Waals surface area contributed by atoms with E-state index < -0.39 is 0 Å². The van der Waals surface area contributed by atoms with E-state index in [0.717, 1.165) is 36.2 Å². The maximum absolute atomic E-state index is 12.8.